The number of rotatable bonds is 4. The van der Waals surface area contributed by atoms with Gasteiger partial charge in [-0.05, 0) is 37.4 Å². The van der Waals surface area contributed by atoms with E-state index in [4.69, 9.17) is 17.3 Å². The molecule has 21 heavy (non-hydrogen) atoms. The fourth-order valence-corrected chi connectivity index (χ4v) is 2.62. The van der Waals surface area contributed by atoms with Crippen LogP contribution >= 0.6 is 11.6 Å². The van der Waals surface area contributed by atoms with Gasteiger partial charge >= 0.3 is 0 Å². The Bertz CT molecular complexity index is 781. The van der Waals surface area contributed by atoms with Gasteiger partial charge in [-0.2, -0.15) is 0 Å². The van der Waals surface area contributed by atoms with Crippen LogP contribution in [0.2, 0.25) is 5.02 Å². The summed E-state index contributed by atoms with van der Waals surface area (Å²) in [4.78, 5) is 0.0274. The molecule has 2 aromatic rings. The molecule has 2 aromatic carbocycles. The molecule has 5 nitrogen and oxygen atoms in total. The fourth-order valence-electron chi connectivity index (χ4n) is 1.69. The van der Waals surface area contributed by atoms with Gasteiger partial charge in [-0.15, -0.1) is 0 Å². The van der Waals surface area contributed by atoms with Gasteiger partial charge < -0.3 is 11.1 Å². The van der Waals surface area contributed by atoms with Gasteiger partial charge in [0.2, 0.25) is 10.0 Å². The van der Waals surface area contributed by atoms with E-state index in [0.29, 0.717) is 5.69 Å². The van der Waals surface area contributed by atoms with Crippen molar-refractivity contribution in [3.63, 3.8) is 0 Å². The highest BCUT2D eigenvalue weighted by Crippen LogP contribution is 2.29. The highest BCUT2D eigenvalue weighted by Gasteiger charge is 2.14. The molecule has 0 aliphatic rings. The molecule has 0 saturated carbocycles. The second-order valence-corrected chi connectivity index (χ2v) is 6.48. The zero-order valence-electron chi connectivity index (χ0n) is 11.0. The van der Waals surface area contributed by atoms with Crippen LogP contribution in [0.4, 0.5) is 21.5 Å². The van der Waals surface area contributed by atoms with Crippen molar-refractivity contribution in [3.05, 3.63) is 47.2 Å². The summed E-state index contributed by atoms with van der Waals surface area (Å²) < 4.78 is 39.3. The average Bonchev–Trinajstić information content (AvgIpc) is 2.45. The molecule has 0 heterocycles. The zero-order valence-corrected chi connectivity index (χ0v) is 12.6. The number of hydrogen-bond donors (Lipinski definition) is 3. The molecule has 112 valence electrons. The van der Waals surface area contributed by atoms with Crippen molar-refractivity contribution in [1.82, 2.24) is 4.72 Å². The molecular formula is C13H13ClFN3O2S. The van der Waals surface area contributed by atoms with Gasteiger partial charge in [-0.3, -0.25) is 0 Å². The summed E-state index contributed by atoms with van der Waals surface area (Å²) >= 11 is 5.69. The average molecular weight is 330 g/mol. The van der Waals surface area contributed by atoms with Crippen LogP contribution in [0.25, 0.3) is 0 Å². The van der Waals surface area contributed by atoms with Gasteiger partial charge in [0.05, 0.1) is 27.0 Å². The zero-order chi connectivity index (χ0) is 15.6. The number of halogens is 2. The SMILES string of the molecule is CNS(=O)(=O)c1ccc(Nc2cccc(Cl)c2F)c(N)c1. The van der Waals surface area contributed by atoms with Crippen LogP contribution < -0.4 is 15.8 Å². The lowest BCUT2D eigenvalue weighted by Crippen LogP contribution is -2.18. The third-order valence-corrected chi connectivity index (χ3v) is 4.53. The second kappa shape index (κ2) is 5.88. The molecule has 0 saturated heterocycles. The summed E-state index contributed by atoms with van der Waals surface area (Å²) in [5, 5.41) is 2.76. The quantitative estimate of drug-likeness (QED) is 0.753. The fraction of sp³-hybridized carbons (Fsp3) is 0.0769. The Kier molecular flexibility index (Phi) is 4.36. The van der Waals surface area contributed by atoms with Crippen LogP contribution in [0.15, 0.2) is 41.3 Å². The van der Waals surface area contributed by atoms with E-state index in [2.05, 4.69) is 10.0 Å². The van der Waals surface area contributed by atoms with Crippen molar-refractivity contribution in [2.75, 3.05) is 18.1 Å². The van der Waals surface area contributed by atoms with Crippen molar-refractivity contribution in [2.45, 2.75) is 4.90 Å². The van der Waals surface area contributed by atoms with Crippen molar-refractivity contribution < 1.29 is 12.8 Å². The number of benzene rings is 2. The van der Waals surface area contributed by atoms with Crippen LogP contribution in [0.5, 0.6) is 0 Å². The molecule has 0 amide bonds. The largest absolute Gasteiger partial charge is 0.397 e. The van der Waals surface area contributed by atoms with Crippen molar-refractivity contribution in [1.29, 1.82) is 0 Å². The van der Waals surface area contributed by atoms with E-state index < -0.39 is 15.8 Å². The van der Waals surface area contributed by atoms with Crippen LogP contribution in [0, 0.1) is 5.82 Å². The number of hydrogen-bond acceptors (Lipinski definition) is 4. The molecule has 0 fully saturated rings. The summed E-state index contributed by atoms with van der Waals surface area (Å²) in [6.07, 6.45) is 0. The summed E-state index contributed by atoms with van der Waals surface area (Å²) in [5.41, 5.74) is 6.50. The number of nitrogens with two attached hydrogens (primary N) is 1. The van der Waals surface area contributed by atoms with E-state index >= 15 is 0 Å². The molecular weight excluding hydrogens is 317 g/mol. The number of nitrogen functional groups attached to an aromatic ring is 1. The van der Waals surface area contributed by atoms with Crippen LogP contribution in [0.1, 0.15) is 0 Å². The first-order valence-electron chi connectivity index (χ1n) is 5.89. The van der Waals surface area contributed by atoms with Crippen molar-refractivity contribution >= 4 is 38.7 Å². The second-order valence-electron chi connectivity index (χ2n) is 4.18. The summed E-state index contributed by atoms with van der Waals surface area (Å²) in [7, 11) is -2.27. The maximum absolute atomic E-state index is 13.8. The van der Waals surface area contributed by atoms with Gasteiger partial charge in [-0.1, -0.05) is 17.7 Å². The van der Waals surface area contributed by atoms with Gasteiger partial charge in [0.1, 0.15) is 0 Å². The number of nitrogens with one attached hydrogen (secondary N) is 2. The highest BCUT2D eigenvalue weighted by molar-refractivity contribution is 7.89. The highest BCUT2D eigenvalue weighted by atomic mass is 35.5. The maximum Gasteiger partial charge on any atom is 0.240 e. The molecule has 0 aromatic heterocycles. The third kappa shape index (κ3) is 3.26. The number of sulfonamides is 1. The van der Waals surface area contributed by atoms with Crippen LogP contribution in [-0.4, -0.2) is 15.5 Å². The Balaban J connectivity index is 2.37. The molecule has 0 unspecified atom stereocenters. The van der Waals surface area contributed by atoms with E-state index in [-0.39, 0.29) is 21.3 Å². The first kappa shape index (κ1) is 15.6. The monoisotopic (exact) mass is 329 g/mol. The van der Waals surface area contributed by atoms with Crippen LogP contribution in [0.3, 0.4) is 0 Å². The van der Waals surface area contributed by atoms with Gasteiger partial charge in [0.15, 0.2) is 5.82 Å². The van der Waals surface area contributed by atoms with Gasteiger partial charge in [0, 0.05) is 0 Å². The van der Waals surface area contributed by atoms with Crippen molar-refractivity contribution in [2.24, 2.45) is 0 Å². The molecule has 0 radical (unpaired) electrons. The summed E-state index contributed by atoms with van der Waals surface area (Å²) in [6, 6.07) is 8.63. The minimum atomic E-state index is -3.58. The van der Waals surface area contributed by atoms with E-state index in [1.54, 1.807) is 6.07 Å². The Morgan fingerprint density at radius 2 is 1.90 bits per heavy atom. The molecule has 4 N–H and O–H groups in total. The maximum atomic E-state index is 13.8. The first-order valence-corrected chi connectivity index (χ1v) is 7.75. The summed E-state index contributed by atoms with van der Waals surface area (Å²) in [5.74, 6) is -0.606. The van der Waals surface area contributed by atoms with Crippen molar-refractivity contribution in [3.8, 4) is 0 Å². The molecule has 0 atom stereocenters. The smallest absolute Gasteiger partial charge is 0.240 e. The molecule has 2 rings (SSSR count). The third-order valence-electron chi connectivity index (χ3n) is 2.82. The number of anilines is 3. The standard InChI is InChI=1S/C13H13ClFN3O2S/c1-17-21(19,20)8-5-6-11(10(16)7-8)18-12-4-2-3-9(14)13(12)15/h2-7,17-18H,16H2,1H3. The Morgan fingerprint density at radius 1 is 1.19 bits per heavy atom. The molecule has 0 aliphatic heterocycles. The minimum absolute atomic E-state index is 0.0204. The molecule has 8 heteroatoms. The summed E-state index contributed by atoms with van der Waals surface area (Å²) in [6.45, 7) is 0. The van der Waals surface area contributed by atoms with Gasteiger partial charge in [0.25, 0.3) is 0 Å². The van der Waals surface area contributed by atoms with Gasteiger partial charge in [-0.25, -0.2) is 17.5 Å². The predicted molar refractivity (Wildman–Crippen MR) is 81.8 cm³/mol. The first-order chi connectivity index (χ1) is 9.85. The normalized spacial score (nSPS) is 11.4. The van der Waals surface area contributed by atoms with E-state index in [9.17, 15) is 12.8 Å². The predicted octanol–water partition coefficient (Wildman–Crippen LogP) is 2.71. The van der Waals surface area contributed by atoms with E-state index in [1.165, 1.54) is 37.4 Å². The minimum Gasteiger partial charge on any atom is -0.397 e. The molecule has 0 bridgehead atoms. The molecule has 0 spiro atoms. The van der Waals surface area contributed by atoms with Crippen LogP contribution in [-0.2, 0) is 10.0 Å². The lowest BCUT2D eigenvalue weighted by Gasteiger charge is -2.12. The van der Waals surface area contributed by atoms with E-state index in [0.717, 1.165) is 0 Å². The lowest BCUT2D eigenvalue weighted by molar-refractivity contribution is 0.588. The van der Waals surface area contributed by atoms with E-state index in [1.807, 2.05) is 0 Å². The Labute approximate surface area is 127 Å². The topological polar surface area (TPSA) is 84.2 Å². The lowest BCUT2D eigenvalue weighted by atomic mass is 10.2. The Morgan fingerprint density at radius 3 is 2.52 bits per heavy atom. The molecule has 0 aliphatic carbocycles. The Hall–Kier alpha value is -1.83.